The third-order valence-corrected chi connectivity index (χ3v) is 4.66. The summed E-state index contributed by atoms with van der Waals surface area (Å²) in [6.07, 6.45) is 3.84. The molecular formula is C22H23NO5. The predicted octanol–water partition coefficient (Wildman–Crippen LogP) is 3.34. The molecule has 0 fully saturated rings. The van der Waals surface area contributed by atoms with Crippen LogP contribution in [0.1, 0.15) is 28.4 Å². The molecule has 1 aliphatic rings. The zero-order valence-corrected chi connectivity index (χ0v) is 16.2. The molecule has 0 atom stereocenters. The van der Waals surface area contributed by atoms with E-state index >= 15 is 0 Å². The molecule has 0 aliphatic carbocycles. The highest BCUT2D eigenvalue weighted by molar-refractivity contribution is 6.07. The maximum Gasteiger partial charge on any atom is 0.231 e. The standard InChI is InChI=1S/C22H23NO5/c1-15(24)23(2)12-11-17-13-20-22(28-14-27-20)21(26-3)18(17)9-10-19(25)16-7-5-4-6-8-16/h4-10,13H,11-12,14H2,1-3H3/b10-9+. The summed E-state index contributed by atoms with van der Waals surface area (Å²) in [6, 6.07) is 10.9. The second-order valence-corrected chi connectivity index (χ2v) is 6.47. The SMILES string of the molecule is COc1c(/C=C/C(=O)c2ccccc2)c(CCN(C)C(C)=O)cc2c1OCO2. The van der Waals surface area contributed by atoms with E-state index in [1.54, 1.807) is 37.3 Å². The number of ether oxygens (including phenoxy) is 3. The van der Waals surface area contributed by atoms with E-state index in [1.165, 1.54) is 13.0 Å². The number of ketones is 1. The zero-order valence-electron chi connectivity index (χ0n) is 16.2. The molecule has 0 spiro atoms. The lowest BCUT2D eigenvalue weighted by Crippen LogP contribution is -2.26. The Hall–Kier alpha value is -3.28. The first-order valence-corrected chi connectivity index (χ1v) is 9.00. The first kappa shape index (κ1) is 19.5. The Morgan fingerprint density at radius 1 is 1.21 bits per heavy atom. The molecule has 2 aromatic rings. The fourth-order valence-corrected chi connectivity index (χ4v) is 2.97. The number of methoxy groups -OCH3 is 1. The van der Waals surface area contributed by atoms with Gasteiger partial charge in [-0.25, -0.2) is 0 Å². The maximum absolute atomic E-state index is 12.5. The van der Waals surface area contributed by atoms with Crippen molar-refractivity contribution >= 4 is 17.8 Å². The monoisotopic (exact) mass is 381 g/mol. The zero-order chi connectivity index (χ0) is 20.1. The number of hydrogen-bond donors (Lipinski definition) is 0. The van der Waals surface area contributed by atoms with Crippen molar-refractivity contribution in [3.05, 3.63) is 59.2 Å². The average molecular weight is 381 g/mol. The van der Waals surface area contributed by atoms with Crippen molar-refractivity contribution in [1.82, 2.24) is 4.90 Å². The molecule has 0 saturated heterocycles. The van der Waals surface area contributed by atoms with Crippen LogP contribution in [0.25, 0.3) is 6.08 Å². The minimum absolute atomic E-state index is 0.0101. The molecule has 0 saturated carbocycles. The van der Waals surface area contributed by atoms with Gasteiger partial charge in [0.1, 0.15) is 0 Å². The molecule has 6 nitrogen and oxygen atoms in total. The number of benzene rings is 2. The number of likely N-dealkylation sites (N-methyl/N-ethyl adjacent to an activating group) is 1. The Balaban J connectivity index is 1.96. The first-order chi connectivity index (χ1) is 13.5. The number of carbonyl (C=O) groups is 2. The van der Waals surface area contributed by atoms with Crippen molar-refractivity contribution < 1.29 is 23.8 Å². The summed E-state index contributed by atoms with van der Waals surface area (Å²) in [4.78, 5) is 25.7. The molecule has 0 N–H and O–H groups in total. The lowest BCUT2D eigenvalue weighted by Gasteiger charge is -2.18. The highest BCUT2D eigenvalue weighted by Gasteiger charge is 2.24. The van der Waals surface area contributed by atoms with E-state index in [4.69, 9.17) is 14.2 Å². The van der Waals surface area contributed by atoms with Gasteiger partial charge in [-0.2, -0.15) is 0 Å². The van der Waals surface area contributed by atoms with Gasteiger partial charge in [0.05, 0.1) is 7.11 Å². The number of carbonyl (C=O) groups excluding carboxylic acids is 2. The molecular weight excluding hydrogens is 358 g/mol. The third kappa shape index (κ3) is 4.17. The summed E-state index contributed by atoms with van der Waals surface area (Å²) in [5, 5.41) is 0. The predicted molar refractivity (Wildman–Crippen MR) is 106 cm³/mol. The number of allylic oxidation sites excluding steroid dienone is 1. The van der Waals surface area contributed by atoms with E-state index in [1.807, 2.05) is 24.3 Å². The minimum atomic E-state index is -0.105. The van der Waals surface area contributed by atoms with Gasteiger partial charge in [0, 0.05) is 31.6 Å². The second-order valence-electron chi connectivity index (χ2n) is 6.47. The van der Waals surface area contributed by atoms with Crippen LogP contribution in [0.4, 0.5) is 0 Å². The number of amides is 1. The van der Waals surface area contributed by atoms with E-state index in [0.29, 0.717) is 35.8 Å². The number of hydrogen-bond acceptors (Lipinski definition) is 5. The van der Waals surface area contributed by atoms with Gasteiger partial charge in [-0.1, -0.05) is 30.3 Å². The lowest BCUT2D eigenvalue weighted by molar-refractivity contribution is -0.127. The maximum atomic E-state index is 12.5. The summed E-state index contributed by atoms with van der Waals surface area (Å²) < 4.78 is 16.6. The van der Waals surface area contributed by atoms with Crippen LogP contribution in [0.5, 0.6) is 17.2 Å². The molecule has 6 heteroatoms. The van der Waals surface area contributed by atoms with Gasteiger partial charge in [0.2, 0.25) is 18.4 Å². The molecule has 2 aromatic carbocycles. The summed E-state index contributed by atoms with van der Waals surface area (Å²) in [5.74, 6) is 1.53. The Kier molecular flexibility index (Phi) is 5.99. The van der Waals surface area contributed by atoms with Crippen LogP contribution in [0, 0.1) is 0 Å². The van der Waals surface area contributed by atoms with Gasteiger partial charge in [-0.05, 0) is 30.2 Å². The van der Waals surface area contributed by atoms with Gasteiger partial charge < -0.3 is 19.1 Å². The highest BCUT2D eigenvalue weighted by atomic mass is 16.7. The van der Waals surface area contributed by atoms with Crippen molar-refractivity contribution in [2.75, 3.05) is 27.5 Å². The first-order valence-electron chi connectivity index (χ1n) is 9.00. The Morgan fingerprint density at radius 3 is 2.64 bits per heavy atom. The van der Waals surface area contributed by atoms with Crippen molar-refractivity contribution in [3.8, 4) is 17.2 Å². The van der Waals surface area contributed by atoms with Crippen molar-refractivity contribution in [2.45, 2.75) is 13.3 Å². The van der Waals surface area contributed by atoms with Gasteiger partial charge >= 0.3 is 0 Å². The van der Waals surface area contributed by atoms with Crippen LogP contribution in [-0.2, 0) is 11.2 Å². The topological polar surface area (TPSA) is 65.1 Å². The van der Waals surface area contributed by atoms with Crippen LogP contribution >= 0.6 is 0 Å². The van der Waals surface area contributed by atoms with E-state index in [0.717, 1.165) is 11.1 Å². The highest BCUT2D eigenvalue weighted by Crippen LogP contribution is 2.45. The van der Waals surface area contributed by atoms with Gasteiger partial charge in [0.25, 0.3) is 0 Å². The number of nitrogens with zero attached hydrogens (tertiary/aromatic N) is 1. The molecule has 1 amide bonds. The molecule has 0 bridgehead atoms. The van der Waals surface area contributed by atoms with Crippen molar-refractivity contribution in [3.63, 3.8) is 0 Å². The van der Waals surface area contributed by atoms with E-state index in [2.05, 4.69) is 0 Å². The van der Waals surface area contributed by atoms with Crippen LogP contribution < -0.4 is 14.2 Å². The normalized spacial score (nSPS) is 12.2. The Bertz CT molecular complexity index is 905. The van der Waals surface area contributed by atoms with E-state index in [9.17, 15) is 9.59 Å². The summed E-state index contributed by atoms with van der Waals surface area (Å²) in [5.41, 5.74) is 2.26. The largest absolute Gasteiger partial charge is 0.492 e. The minimum Gasteiger partial charge on any atom is -0.492 e. The number of rotatable bonds is 7. The summed E-state index contributed by atoms with van der Waals surface area (Å²) in [6.45, 7) is 2.18. The summed E-state index contributed by atoms with van der Waals surface area (Å²) in [7, 11) is 3.31. The van der Waals surface area contributed by atoms with Gasteiger partial charge in [-0.3, -0.25) is 9.59 Å². The van der Waals surface area contributed by atoms with Crippen LogP contribution in [0.3, 0.4) is 0 Å². The lowest BCUT2D eigenvalue weighted by atomic mass is 10.00. The average Bonchev–Trinajstić information content (AvgIpc) is 3.18. The van der Waals surface area contributed by atoms with Crippen LogP contribution in [0.15, 0.2) is 42.5 Å². The molecule has 0 radical (unpaired) electrons. The molecule has 3 rings (SSSR count). The van der Waals surface area contributed by atoms with Gasteiger partial charge in [0.15, 0.2) is 17.3 Å². The fraction of sp³-hybridized carbons (Fsp3) is 0.273. The Labute approximate surface area is 164 Å². The van der Waals surface area contributed by atoms with Gasteiger partial charge in [-0.15, -0.1) is 0 Å². The van der Waals surface area contributed by atoms with E-state index in [-0.39, 0.29) is 18.5 Å². The second kappa shape index (κ2) is 8.61. The summed E-state index contributed by atoms with van der Waals surface area (Å²) >= 11 is 0. The molecule has 146 valence electrons. The van der Waals surface area contributed by atoms with Crippen LogP contribution in [-0.4, -0.2) is 44.1 Å². The molecule has 0 aromatic heterocycles. The third-order valence-electron chi connectivity index (χ3n) is 4.66. The molecule has 0 unspecified atom stereocenters. The van der Waals surface area contributed by atoms with Crippen LogP contribution in [0.2, 0.25) is 0 Å². The van der Waals surface area contributed by atoms with E-state index < -0.39 is 0 Å². The quantitative estimate of drug-likeness (QED) is 0.544. The number of fused-ring (bicyclic) bond motifs is 1. The smallest absolute Gasteiger partial charge is 0.231 e. The van der Waals surface area contributed by atoms with Crippen molar-refractivity contribution in [2.24, 2.45) is 0 Å². The molecule has 1 aliphatic heterocycles. The van der Waals surface area contributed by atoms with Crippen molar-refractivity contribution in [1.29, 1.82) is 0 Å². The Morgan fingerprint density at radius 2 is 1.96 bits per heavy atom. The molecule has 1 heterocycles. The fourth-order valence-electron chi connectivity index (χ4n) is 2.97. The molecule has 28 heavy (non-hydrogen) atoms.